The Kier molecular flexibility index (Phi) is 6.00. The first kappa shape index (κ1) is 18.2. The third kappa shape index (κ3) is 4.97. The summed E-state index contributed by atoms with van der Waals surface area (Å²) in [6.45, 7) is 4.50. The van der Waals surface area contributed by atoms with Crippen molar-refractivity contribution in [3.05, 3.63) is 63.6 Å². The van der Waals surface area contributed by atoms with Crippen molar-refractivity contribution in [3.8, 4) is 0 Å². The summed E-state index contributed by atoms with van der Waals surface area (Å²) in [6, 6.07) is 13.5. The van der Waals surface area contributed by atoms with E-state index in [1.165, 1.54) is 5.56 Å². The molecule has 1 fully saturated rings. The Morgan fingerprint density at radius 3 is 2.68 bits per heavy atom. The minimum atomic E-state index is 0.00105. The zero-order chi connectivity index (χ0) is 17.8. The van der Waals surface area contributed by atoms with Crippen molar-refractivity contribution >= 4 is 34.8 Å². The molecule has 1 heterocycles. The van der Waals surface area contributed by atoms with E-state index in [9.17, 15) is 4.79 Å². The number of rotatable bonds is 4. The van der Waals surface area contributed by atoms with E-state index in [0.717, 1.165) is 43.7 Å². The van der Waals surface area contributed by atoms with Gasteiger partial charge in [0.25, 0.3) is 0 Å². The average molecular weight is 377 g/mol. The van der Waals surface area contributed by atoms with E-state index in [0.29, 0.717) is 10.0 Å². The molecule has 0 saturated carbocycles. The van der Waals surface area contributed by atoms with E-state index in [1.54, 1.807) is 6.07 Å². The molecular formula is C20H22Cl2N2O. The normalized spacial score (nSPS) is 18.1. The zero-order valence-electron chi connectivity index (χ0n) is 14.3. The van der Waals surface area contributed by atoms with Crippen LogP contribution in [0, 0.1) is 12.8 Å². The van der Waals surface area contributed by atoms with Crippen molar-refractivity contribution in [2.45, 2.75) is 26.3 Å². The van der Waals surface area contributed by atoms with Gasteiger partial charge in [-0.2, -0.15) is 0 Å². The lowest BCUT2D eigenvalue weighted by molar-refractivity contribution is -0.121. The van der Waals surface area contributed by atoms with E-state index in [1.807, 2.05) is 43.3 Å². The number of carbonyl (C=O) groups excluding carboxylic acids is 1. The monoisotopic (exact) mass is 376 g/mol. The standard InChI is InChI=1S/C20H22Cl2N2O/c1-14-4-8-18(9-5-14)23-20(25)16-3-2-10-24(13-16)12-15-6-7-17(21)11-19(15)22/h4-9,11,16H,2-3,10,12-13H2,1H3,(H,23,25)/t16-/m1/s1. The van der Waals surface area contributed by atoms with Crippen LogP contribution in [0.5, 0.6) is 0 Å². The molecule has 132 valence electrons. The summed E-state index contributed by atoms with van der Waals surface area (Å²) in [4.78, 5) is 14.9. The Morgan fingerprint density at radius 1 is 1.20 bits per heavy atom. The van der Waals surface area contributed by atoms with Gasteiger partial charge >= 0.3 is 0 Å². The maximum absolute atomic E-state index is 12.6. The predicted molar refractivity (Wildman–Crippen MR) is 104 cm³/mol. The van der Waals surface area contributed by atoms with Crippen molar-refractivity contribution in [1.29, 1.82) is 0 Å². The van der Waals surface area contributed by atoms with E-state index < -0.39 is 0 Å². The Morgan fingerprint density at radius 2 is 1.96 bits per heavy atom. The van der Waals surface area contributed by atoms with Crippen LogP contribution in [0.15, 0.2) is 42.5 Å². The molecule has 0 aliphatic carbocycles. The number of nitrogens with one attached hydrogen (secondary N) is 1. The van der Waals surface area contributed by atoms with Gasteiger partial charge in [0.1, 0.15) is 0 Å². The number of likely N-dealkylation sites (tertiary alicyclic amines) is 1. The molecule has 3 nitrogen and oxygen atoms in total. The number of hydrogen-bond acceptors (Lipinski definition) is 2. The van der Waals surface area contributed by atoms with Gasteiger partial charge in [-0.3, -0.25) is 9.69 Å². The van der Waals surface area contributed by atoms with Gasteiger partial charge in [-0.1, -0.05) is 47.0 Å². The summed E-state index contributed by atoms with van der Waals surface area (Å²) in [5.41, 5.74) is 3.08. The summed E-state index contributed by atoms with van der Waals surface area (Å²) < 4.78 is 0. The Labute approximate surface area is 158 Å². The van der Waals surface area contributed by atoms with Gasteiger partial charge < -0.3 is 5.32 Å². The van der Waals surface area contributed by atoms with Gasteiger partial charge in [0.15, 0.2) is 0 Å². The molecule has 2 aromatic rings. The van der Waals surface area contributed by atoms with Crippen molar-refractivity contribution < 1.29 is 4.79 Å². The van der Waals surface area contributed by atoms with Gasteiger partial charge in [-0.05, 0) is 56.1 Å². The van der Waals surface area contributed by atoms with Crippen LogP contribution in [0.4, 0.5) is 5.69 Å². The summed E-state index contributed by atoms with van der Waals surface area (Å²) >= 11 is 12.2. The second-order valence-corrected chi connectivity index (χ2v) is 7.51. The number of amides is 1. The fraction of sp³-hybridized carbons (Fsp3) is 0.350. The molecular weight excluding hydrogens is 355 g/mol. The third-order valence-corrected chi connectivity index (χ3v) is 5.19. The lowest BCUT2D eigenvalue weighted by atomic mass is 9.96. The number of aryl methyl sites for hydroxylation is 1. The van der Waals surface area contributed by atoms with Gasteiger partial charge in [0.2, 0.25) is 5.91 Å². The smallest absolute Gasteiger partial charge is 0.228 e. The number of benzene rings is 2. The van der Waals surface area contributed by atoms with Crippen molar-refractivity contribution in [1.82, 2.24) is 4.90 Å². The fourth-order valence-corrected chi connectivity index (χ4v) is 3.65. The molecule has 1 saturated heterocycles. The van der Waals surface area contributed by atoms with Crippen LogP contribution in [-0.4, -0.2) is 23.9 Å². The number of piperidine rings is 1. The minimum Gasteiger partial charge on any atom is -0.326 e. The maximum Gasteiger partial charge on any atom is 0.228 e. The van der Waals surface area contributed by atoms with Gasteiger partial charge in [-0.25, -0.2) is 0 Å². The highest BCUT2D eigenvalue weighted by molar-refractivity contribution is 6.35. The molecule has 1 aliphatic heterocycles. The Hall–Kier alpha value is -1.55. The summed E-state index contributed by atoms with van der Waals surface area (Å²) in [5, 5.41) is 4.35. The number of carbonyl (C=O) groups is 1. The van der Waals surface area contributed by atoms with Crippen LogP contribution in [0.2, 0.25) is 10.0 Å². The van der Waals surface area contributed by atoms with E-state index in [4.69, 9.17) is 23.2 Å². The van der Waals surface area contributed by atoms with Gasteiger partial charge in [0.05, 0.1) is 5.92 Å². The van der Waals surface area contributed by atoms with Crippen LogP contribution in [0.1, 0.15) is 24.0 Å². The molecule has 0 spiro atoms. The number of anilines is 1. The van der Waals surface area contributed by atoms with Crippen LogP contribution < -0.4 is 5.32 Å². The summed E-state index contributed by atoms with van der Waals surface area (Å²) in [7, 11) is 0. The van der Waals surface area contributed by atoms with Crippen molar-refractivity contribution in [3.63, 3.8) is 0 Å². The van der Waals surface area contributed by atoms with Crippen LogP contribution in [0.25, 0.3) is 0 Å². The molecule has 0 radical (unpaired) electrons. The van der Waals surface area contributed by atoms with E-state index in [2.05, 4.69) is 10.2 Å². The largest absolute Gasteiger partial charge is 0.326 e. The summed E-state index contributed by atoms with van der Waals surface area (Å²) in [6.07, 6.45) is 1.93. The highest BCUT2D eigenvalue weighted by Gasteiger charge is 2.26. The van der Waals surface area contributed by atoms with Gasteiger partial charge in [0, 0.05) is 28.8 Å². The second-order valence-electron chi connectivity index (χ2n) is 6.67. The molecule has 1 amide bonds. The molecule has 5 heteroatoms. The second kappa shape index (κ2) is 8.22. The molecule has 1 N–H and O–H groups in total. The highest BCUT2D eigenvalue weighted by Crippen LogP contribution is 2.25. The zero-order valence-corrected chi connectivity index (χ0v) is 15.8. The molecule has 0 unspecified atom stereocenters. The fourth-order valence-electron chi connectivity index (χ4n) is 3.19. The van der Waals surface area contributed by atoms with Gasteiger partial charge in [-0.15, -0.1) is 0 Å². The SMILES string of the molecule is Cc1ccc(NC(=O)[C@@H]2CCCN(Cc3ccc(Cl)cc3Cl)C2)cc1. The lowest BCUT2D eigenvalue weighted by Gasteiger charge is -2.32. The average Bonchev–Trinajstić information content (AvgIpc) is 2.60. The molecule has 2 aromatic carbocycles. The highest BCUT2D eigenvalue weighted by atomic mass is 35.5. The molecule has 0 bridgehead atoms. The Balaban J connectivity index is 1.60. The van der Waals surface area contributed by atoms with E-state index in [-0.39, 0.29) is 11.8 Å². The van der Waals surface area contributed by atoms with Crippen LogP contribution >= 0.6 is 23.2 Å². The first-order valence-electron chi connectivity index (χ1n) is 8.55. The molecule has 25 heavy (non-hydrogen) atoms. The molecule has 0 aromatic heterocycles. The first-order chi connectivity index (χ1) is 12.0. The van der Waals surface area contributed by atoms with E-state index >= 15 is 0 Å². The first-order valence-corrected chi connectivity index (χ1v) is 9.30. The summed E-state index contributed by atoms with van der Waals surface area (Å²) in [5.74, 6) is 0.0943. The lowest BCUT2D eigenvalue weighted by Crippen LogP contribution is -2.40. The number of halogens is 2. The predicted octanol–water partition coefficient (Wildman–Crippen LogP) is 5.15. The van der Waals surface area contributed by atoms with Crippen molar-refractivity contribution in [2.75, 3.05) is 18.4 Å². The van der Waals surface area contributed by atoms with Crippen molar-refractivity contribution in [2.24, 2.45) is 5.92 Å². The topological polar surface area (TPSA) is 32.3 Å². The third-order valence-electron chi connectivity index (χ3n) is 4.60. The maximum atomic E-state index is 12.6. The van der Waals surface area contributed by atoms with Crippen LogP contribution in [-0.2, 0) is 11.3 Å². The Bertz CT molecular complexity index is 746. The number of nitrogens with zero attached hydrogens (tertiary/aromatic N) is 1. The quantitative estimate of drug-likeness (QED) is 0.799. The minimum absolute atomic E-state index is 0.00105. The molecule has 1 atom stereocenters. The number of hydrogen-bond donors (Lipinski definition) is 1. The van der Waals surface area contributed by atoms with Crippen LogP contribution in [0.3, 0.4) is 0 Å². The molecule has 3 rings (SSSR count). The molecule has 1 aliphatic rings.